The molecule has 1 N–H and O–H groups in total. The third-order valence-corrected chi connectivity index (χ3v) is 4.31. The molecular weight excluding hydrogens is 242 g/mol. The van der Waals surface area contributed by atoms with Crippen LogP contribution >= 0.6 is 11.8 Å². The standard InChI is InChI=1S/C15H13NOS/c1-10-6-7-15-12(8-10)13(16-17)9-11-4-2-3-5-14(11)18-15/h2-8,17H,9H2,1H3/b16-13+. The molecule has 0 unspecified atom stereocenters. The summed E-state index contributed by atoms with van der Waals surface area (Å²) in [5.41, 5.74) is 4.18. The lowest BCUT2D eigenvalue weighted by Gasteiger charge is -2.06. The molecule has 2 aromatic carbocycles. The highest BCUT2D eigenvalue weighted by Crippen LogP contribution is 2.37. The maximum Gasteiger partial charge on any atom is 0.0923 e. The molecule has 0 amide bonds. The van der Waals surface area contributed by atoms with Crippen LogP contribution in [0.1, 0.15) is 16.7 Å². The molecule has 3 rings (SSSR count). The number of aryl methyl sites for hydroxylation is 1. The van der Waals surface area contributed by atoms with Gasteiger partial charge in [0.15, 0.2) is 0 Å². The third kappa shape index (κ3) is 1.91. The lowest BCUT2D eigenvalue weighted by molar-refractivity contribution is 0.318. The average molecular weight is 255 g/mol. The van der Waals surface area contributed by atoms with E-state index in [0.717, 1.165) is 16.2 Å². The van der Waals surface area contributed by atoms with Crippen molar-refractivity contribution < 1.29 is 5.21 Å². The predicted octanol–water partition coefficient (Wildman–Crippen LogP) is 3.88. The number of rotatable bonds is 0. The van der Waals surface area contributed by atoms with Crippen LogP contribution in [0.25, 0.3) is 0 Å². The molecule has 0 saturated carbocycles. The minimum atomic E-state index is 0.677. The minimum absolute atomic E-state index is 0.677. The Labute approximate surface area is 110 Å². The highest BCUT2D eigenvalue weighted by Gasteiger charge is 2.19. The maximum atomic E-state index is 9.26. The van der Waals surface area contributed by atoms with Gasteiger partial charge in [-0.2, -0.15) is 0 Å². The Balaban J connectivity index is 2.21. The van der Waals surface area contributed by atoms with Crippen LogP contribution in [0.2, 0.25) is 0 Å². The second-order valence-corrected chi connectivity index (χ2v) is 5.52. The van der Waals surface area contributed by atoms with Gasteiger partial charge in [0, 0.05) is 21.8 Å². The molecule has 1 aliphatic heterocycles. The quantitative estimate of drug-likeness (QED) is 0.572. The molecule has 0 aromatic heterocycles. The molecule has 90 valence electrons. The molecular formula is C15H13NOS. The number of benzene rings is 2. The first-order chi connectivity index (χ1) is 8.78. The average Bonchev–Trinajstić information content (AvgIpc) is 2.54. The fourth-order valence-corrected chi connectivity index (χ4v) is 3.27. The largest absolute Gasteiger partial charge is 0.411 e. The summed E-state index contributed by atoms with van der Waals surface area (Å²) < 4.78 is 0. The lowest BCUT2D eigenvalue weighted by atomic mass is 10.0. The Morgan fingerprint density at radius 1 is 1.11 bits per heavy atom. The Hall–Kier alpha value is -1.74. The summed E-state index contributed by atoms with van der Waals surface area (Å²) in [6, 6.07) is 14.5. The van der Waals surface area contributed by atoms with E-state index in [4.69, 9.17) is 0 Å². The molecule has 18 heavy (non-hydrogen) atoms. The molecule has 3 heteroatoms. The van der Waals surface area contributed by atoms with Gasteiger partial charge in [-0.25, -0.2) is 0 Å². The van der Waals surface area contributed by atoms with Crippen LogP contribution in [0.5, 0.6) is 0 Å². The van der Waals surface area contributed by atoms with Crippen molar-refractivity contribution in [3.05, 3.63) is 59.2 Å². The number of hydrogen-bond donors (Lipinski definition) is 1. The van der Waals surface area contributed by atoms with Gasteiger partial charge < -0.3 is 5.21 Å². The van der Waals surface area contributed by atoms with Crippen molar-refractivity contribution in [3.8, 4) is 0 Å². The highest BCUT2D eigenvalue weighted by molar-refractivity contribution is 7.99. The smallest absolute Gasteiger partial charge is 0.0923 e. The summed E-state index contributed by atoms with van der Waals surface area (Å²) >= 11 is 1.74. The van der Waals surface area contributed by atoms with E-state index < -0.39 is 0 Å². The summed E-state index contributed by atoms with van der Waals surface area (Å²) in [7, 11) is 0. The molecule has 1 heterocycles. The fourth-order valence-electron chi connectivity index (χ4n) is 2.19. The van der Waals surface area contributed by atoms with Crippen molar-refractivity contribution in [2.75, 3.05) is 0 Å². The number of fused-ring (bicyclic) bond motifs is 2. The van der Waals surface area contributed by atoms with E-state index in [2.05, 4.69) is 42.4 Å². The van der Waals surface area contributed by atoms with Gasteiger partial charge in [0.2, 0.25) is 0 Å². The summed E-state index contributed by atoms with van der Waals surface area (Å²) in [6.07, 6.45) is 0.677. The maximum absolute atomic E-state index is 9.26. The molecule has 0 atom stereocenters. The van der Waals surface area contributed by atoms with Crippen LogP contribution in [0.4, 0.5) is 0 Å². The third-order valence-electron chi connectivity index (χ3n) is 3.12. The first kappa shape index (κ1) is 11.4. The molecule has 1 aliphatic rings. The number of oxime groups is 1. The number of nitrogens with zero attached hydrogens (tertiary/aromatic N) is 1. The molecule has 0 radical (unpaired) electrons. The Bertz CT molecular complexity index is 634. The summed E-state index contributed by atoms with van der Waals surface area (Å²) in [5, 5.41) is 12.8. The van der Waals surface area contributed by atoms with E-state index in [0.29, 0.717) is 6.42 Å². The van der Waals surface area contributed by atoms with Gasteiger partial charge in [0.05, 0.1) is 5.71 Å². The topological polar surface area (TPSA) is 32.6 Å². The van der Waals surface area contributed by atoms with E-state index in [1.165, 1.54) is 16.0 Å². The van der Waals surface area contributed by atoms with Gasteiger partial charge in [-0.05, 0) is 30.7 Å². The molecule has 0 saturated heterocycles. The zero-order valence-electron chi connectivity index (χ0n) is 10.1. The first-order valence-corrected chi connectivity index (χ1v) is 6.67. The van der Waals surface area contributed by atoms with Crippen molar-refractivity contribution in [2.45, 2.75) is 23.1 Å². The van der Waals surface area contributed by atoms with Crippen molar-refractivity contribution >= 4 is 17.5 Å². The van der Waals surface area contributed by atoms with Crippen molar-refractivity contribution in [1.29, 1.82) is 0 Å². The van der Waals surface area contributed by atoms with Crippen molar-refractivity contribution in [3.63, 3.8) is 0 Å². The van der Waals surface area contributed by atoms with E-state index in [9.17, 15) is 5.21 Å². The summed E-state index contributed by atoms with van der Waals surface area (Å²) in [6.45, 7) is 2.05. The van der Waals surface area contributed by atoms with Crippen LogP contribution in [0.15, 0.2) is 57.4 Å². The van der Waals surface area contributed by atoms with Gasteiger partial charge in [-0.15, -0.1) is 0 Å². The first-order valence-electron chi connectivity index (χ1n) is 5.85. The summed E-state index contributed by atoms with van der Waals surface area (Å²) in [4.78, 5) is 2.39. The molecule has 0 fully saturated rings. The molecule has 2 nitrogen and oxygen atoms in total. The van der Waals surface area contributed by atoms with Crippen molar-refractivity contribution in [2.24, 2.45) is 5.16 Å². The van der Waals surface area contributed by atoms with E-state index in [1.54, 1.807) is 11.8 Å². The molecule has 0 bridgehead atoms. The van der Waals surface area contributed by atoms with Crippen LogP contribution in [0.3, 0.4) is 0 Å². The molecule has 0 spiro atoms. The fraction of sp³-hybridized carbons (Fsp3) is 0.133. The van der Waals surface area contributed by atoms with Gasteiger partial charge in [-0.3, -0.25) is 0 Å². The predicted molar refractivity (Wildman–Crippen MR) is 73.8 cm³/mol. The highest BCUT2D eigenvalue weighted by atomic mass is 32.2. The number of hydrogen-bond acceptors (Lipinski definition) is 3. The van der Waals surface area contributed by atoms with Crippen LogP contribution in [0, 0.1) is 6.92 Å². The van der Waals surface area contributed by atoms with E-state index in [1.807, 2.05) is 12.1 Å². The van der Waals surface area contributed by atoms with E-state index >= 15 is 0 Å². The van der Waals surface area contributed by atoms with Crippen molar-refractivity contribution in [1.82, 2.24) is 0 Å². The monoisotopic (exact) mass is 255 g/mol. The van der Waals surface area contributed by atoms with Gasteiger partial charge in [0.25, 0.3) is 0 Å². The van der Waals surface area contributed by atoms with Gasteiger partial charge in [0.1, 0.15) is 0 Å². The van der Waals surface area contributed by atoms with E-state index in [-0.39, 0.29) is 0 Å². The van der Waals surface area contributed by atoms with Crippen LogP contribution in [-0.2, 0) is 6.42 Å². The Kier molecular flexibility index (Phi) is 2.84. The second kappa shape index (κ2) is 4.50. The van der Waals surface area contributed by atoms with Gasteiger partial charge >= 0.3 is 0 Å². The Morgan fingerprint density at radius 3 is 2.78 bits per heavy atom. The molecule has 0 aliphatic carbocycles. The zero-order chi connectivity index (χ0) is 12.5. The Morgan fingerprint density at radius 2 is 1.94 bits per heavy atom. The second-order valence-electron chi connectivity index (χ2n) is 4.43. The van der Waals surface area contributed by atoms with Gasteiger partial charge in [-0.1, -0.05) is 46.7 Å². The minimum Gasteiger partial charge on any atom is -0.411 e. The molecule has 2 aromatic rings. The summed E-state index contributed by atoms with van der Waals surface area (Å²) in [5.74, 6) is 0. The van der Waals surface area contributed by atoms with Crippen LogP contribution < -0.4 is 0 Å². The zero-order valence-corrected chi connectivity index (χ0v) is 10.9. The SMILES string of the molecule is Cc1ccc2c(c1)/C(=N/O)Cc1ccccc1S2. The van der Waals surface area contributed by atoms with Crippen LogP contribution in [-0.4, -0.2) is 10.9 Å². The normalized spacial score (nSPS) is 15.9. The lowest BCUT2D eigenvalue weighted by Crippen LogP contribution is -2.05.